The maximum absolute atomic E-state index is 13.6. The number of carbonyl (C=O) groups is 2. The van der Waals surface area contributed by atoms with Crippen LogP contribution in [0.1, 0.15) is 50.2 Å². The Morgan fingerprint density at radius 1 is 1.16 bits per heavy atom. The van der Waals surface area contributed by atoms with Gasteiger partial charge < -0.3 is 9.80 Å². The molecule has 4 nitrogen and oxygen atoms in total. The van der Waals surface area contributed by atoms with Crippen LogP contribution in [0, 0.1) is 5.41 Å². The number of piperidine rings is 1. The third-order valence-electron chi connectivity index (χ3n) is 6.14. The van der Waals surface area contributed by atoms with Gasteiger partial charge >= 0.3 is 0 Å². The molecule has 2 heterocycles. The molecule has 1 aromatic rings. The van der Waals surface area contributed by atoms with Crippen LogP contribution in [-0.4, -0.2) is 34.7 Å². The molecule has 1 unspecified atom stereocenters. The molecule has 4 rings (SSSR count). The number of carbonyl (C=O) groups excluding carboxylic acids is 2. The standard InChI is InChI=1S/C21H26N2O2/c1-2-23-18-9-5-6-12-21(18,13-10-19(23)24)20(25)22-14-11-16-7-3-4-8-17(16)15-22/h3-4,7-9H,2,5-6,10-15H2,1H3. The van der Waals surface area contributed by atoms with Crippen LogP contribution in [-0.2, 0) is 22.6 Å². The summed E-state index contributed by atoms with van der Waals surface area (Å²) in [4.78, 5) is 29.9. The van der Waals surface area contributed by atoms with Crippen molar-refractivity contribution < 1.29 is 9.59 Å². The molecule has 0 N–H and O–H groups in total. The highest BCUT2D eigenvalue weighted by atomic mass is 16.2. The largest absolute Gasteiger partial charge is 0.337 e. The van der Waals surface area contributed by atoms with Gasteiger partial charge in [0.25, 0.3) is 0 Å². The van der Waals surface area contributed by atoms with Gasteiger partial charge in [-0.15, -0.1) is 0 Å². The fraction of sp³-hybridized carbons (Fsp3) is 0.524. The van der Waals surface area contributed by atoms with E-state index in [0.29, 0.717) is 25.9 Å². The highest BCUT2D eigenvalue weighted by molar-refractivity contribution is 5.91. The monoisotopic (exact) mass is 338 g/mol. The minimum atomic E-state index is -0.478. The summed E-state index contributed by atoms with van der Waals surface area (Å²) in [6.07, 6.45) is 7.11. The summed E-state index contributed by atoms with van der Waals surface area (Å²) in [5.74, 6) is 0.405. The zero-order chi connectivity index (χ0) is 17.4. The van der Waals surface area contributed by atoms with E-state index in [2.05, 4.69) is 30.3 Å². The Kier molecular flexibility index (Phi) is 4.14. The van der Waals surface area contributed by atoms with Crippen molar-refractivity contribution in [1.82, 2.24) is 9.80 Å². The number of fused-ring (bicyclic) bond motifs is 2. The van der Waals surface area contributed by atoms with E-state index in [1.165, 1.54) is 11.1 Å². The zero-order valence-electron chi connectivity index (χ0n) is 15.0. The Bertz CT molecular complexity index is 739. The molecular weight excluding hydrogens is 312 g/mol. The van der Waals surface area contributed by atoms with Crippen molar-refractivity contribution in [2.45, 2.75) is 52.0 Å². The summed E-state index contributed by atoms with van der Waals surface area (Å²) < 4.78 is 0. The van der Waals surface area contributed by atoms with E-state index in [9.17, 15) is 9.59 Å². The van der Waals surface area contributed by atoms with Gasteiger partial charge in [0.2, 0.25) is 11.8 Å². The highest BCUT2D eigenvalue weighted by Gasteiger charge is 2.50. The highest BCUT2D eigenvalue weighted by Crippen LogP contribution is 2.48. The third-order valence-corrected chi connectivity index (χ3v) is 6.14. The summed E-state index contributed by atoms with van der Waals surface area (Å²) in [6, 6.07) is 8.42. The molecule has 25 heavy (non-hydrogen) atoms. The Labute approximate surface area is 149 Å². The predicted octanol–water partition coefficient (Wildman–Crippen LogP) is 3.27. The minimum absolute atomic E-state index is 0.170. The van der Waals surface area contributed by atoms with E-state index >= 15 is 0 Å². The predicted molar refractivity (Wildman–Crippen MR) is 96.6 cm³/mol. The summed E-state index contributed by atoms with van der Waals surface area (Å²) in [5, 5.41) is 0. The molecule has 1 saturated heterocycles. The van der Waals surface area contributed by atoms with Crippen LogP contribution in [0.4, 0.5) is 0 Å². The minimum Gasteiger partial charge on any atom is -0.337 e. The fourth-order valence-corrected chi connectivity index (χ4v) is 4.82. The van der Waals surface area contributed by atoms with Crippen molar-refractivity contribution >= 4 is 11.8 Å². The molecule has 132 valence electrons. The number of amides is 2. The van der Waals surface area contributed by atoms with Gasteiger partial charge in [0, 0.05) is 31.8 Å². The maximum atomic E-state index is 13.6. The van der Waals surface area contributed by atoms with Gasteiger partial charge in [-0.2, -0.15) is 0 Å². The molecule has 1 fully saturated rings. The number of allylic oxidation sites excluding steroid dienone is 1. The van der Waals surface area contributed by atoms with Gasteiger partial charge in [0.1, 0.15) is 0 Å². The topological polar surface area (TPSA) is 40.6 Å². The van der Waals surface area contributed by atoms with Crippen molar-refractivity contribution in [3.8, 4) is 0 Å². The number of hydrogen-bond acceptors (Lipinski definition) is 2. The van der Waals surface area contributed by atoms with Gasteiger partial charge in [-0.3, -0.25) is 9.59 Å². The van der Waals surface area contributed by atoms with Crippen molar-refractivity contribution in [3.05, 3.63) is 47.2 Å². The van der Waals surface area contributed by atoms with Gasteiger partial charge in [0.05, 0.1) is 5.41 Å². The number of hydrogen-bond donors (Lipinski definition) is 0. The Hall–Kier alpha value is -2.10. The van der Waals surface area contributed by atoms with E-state index in [1.54, 1.807) is 0 Å². The Balaban J connectivity index is 1.65. The third kappa shape index (κ3) is 2.59. The fourth-order valence-electron chi connectivity index (χ4n) is 4.82. The van der Waals surface area contributed by atoms with Gasteiger partial charge in [0.15, 0.2) is 0 Å². The first kappa shape index (κ1) is 16.4. The lowest BCUT2D eigenvalue weighted by molar-refractivity contribution is -0.148. The lowest BCUT2D eigenvalue weighted by atomic mass is 9.68. The molecule has 2 amide bonds. The van der Waals surface area contributed by atoms with E-state index in [1.807, 2.05) is 16.7 Å². The van der Waals surface area contributed by atoms with Crippen LogP contribution in [0.3, 0.4) is 0 Å². The van der Waals surface area contributed by atoms with Crippen molar-refractivity contribution in [1.29, 1.82) is 0 Å². The molecule has 1 atom stereocenters. The van der Waals surface area contributed by atoms with Crippen LogP contribution in [0.15, 0.2) is 36.0 Å². The number of likely N-dealkylation sites (tertiary alicyclic amines) is 1. The molecule has 0 radical (unpaired) electrons. The Morgan fingerprint density at radius 2 is 1.96 bits per heavy atom. The smallest absolute Gasteiger partial charge is 0.235 e. The summed E-state index contributed by atoms with van der Waals surface area (Å²) >= 11 is 0. The molecular formula is C21H26N2O2. The molecule has 0 bridgehead atoms. The van der Waals surface area contributed by atoms with Crippen LogP contribution < -0.4 is 0 Å². The van der Waals surface area contributed by atoms with Gasteiger partial charge in [-0.05, 0) is 50.2 Å². The second kappa shape index (κ2) is 6.32. The molecule has 2 aliphatic heterocycles. The summed E-state index contributed by atoms with van der Waals surface area (Å²) in [5.41, 5.74) is 3.13. The first-order chi connectivity index (χ1) is 12.2. The second-order valence-corrected chi connectivity index (χ2v) is 7.45. The Morgan fingerprint density at radius 3 is 2.76 bits per heavy atom. The van der Waals surface area contributed by atoms with E-state index < -0.39 is 5.41 Å². The van der Waals surface area contributed by atoms with Crippen LogP contribution in [0.2, 0.25) is 0 Å². The van der Waals surface area contributed by atoms with Crippen molar-refractivity contribution in [3.63, 3.8) is 0 Å². The normalized spacial score (nSPS) is 26.0. The van der Waals surface area contributed by atoms with Crippen LogP contribution in [0.5, 0.6) is 0 Å². The lowest BCUT2D eigenvalue weighted by Crippen LogP contribution is -2.54. The molecule has 3 aliphatic rings. The van der Waals surface area contributed by atoms with Crippen molar-refractivity contribution in [2.24, 2.45) is 5.41 Å². The molecule has 1 aromatic carbocycles. The van der Waals surface area contributed by atoms with E-state index in [0.717, 1.165) is 37.9 Å². The molecule has 4 heteroatoms. The van der Waals surface area contributed by atoms with Crippen LogP contribution >= 0.6 is 0 Å². The second-order valence-electron chi connectivity index (χ2n) is 7.45. The van der Waals surface area contributed by atoms with E-state index in [4.69, 9.17) is 0 Å². The molecule has 0 aromatic heterocycles. The lowest BCUT2D eigenvalue weighted by Gasteiger charge is -2.48. The number of benzene rings is 1. The molecule has 0 saturated carbocycles. The zero-order valence-corrected chi connectivity index (χ0v) is 15.0. The first-order valence-corrected chi connectivity index (χ1v) is 9.53. The summed E-state index contributed by atoms with van der Waals surface area (Å²) in [7, 11) is 0. The SMILES string of the molecule is CCN1C(=O)CCC2(C(=O)N3CCc4ccccc4C3)CCCC=C12. The number of rotatable bonds is 2. The van der Waals surface area contributed by atoms with E-state index in [-0.39, 0.29) is 11.8 Å². The molecule has 1 aliphatic carbocycles. The van der Waals surface area contributed by atoms with Crippen LogP contribution in [0.25, 0.3) is 0 Å². The maximum Gasteiger partial charge on any atom is 0.235 e. The van der Waals surface area contributed by atoms with Gasteiger partial charge in [-0.25, -0.2) is 0 Å². The number of nitrogens with zero attached hydrogens (tertiary/aromatic N) is 2. The van der Waals surface area contributed by atoms with Crippen molar-refractivity contribution in [2.75, 3.05) is 13.1 Å². The summed E-state index contributed by atoms with van der Waals surface area (Å²) in [6.45, 7) is 4.14. The molecule has 0 spiro atoms. The van der Waals surface area contributed by atoms with Gasteiger partial charge in [-0.1, -0.05) is 30.3 Å². The quantitative estimate of drug-likeness (QED) is 0.830. The average molecular weight is 338 g/mol. The first-order valence-electron chi connectivity index (χ1n) is 9.53. The average Bonchev–Trinajstić information content (AvgIpc) is 2.67.